The summed E-state index contributed by atoms with van der Waals surface area (Å²) in [6.45, 7) is 6.52. The molecule has 0 bridgehead atoms. The molecule has 1 atom stereocenters. The van der Waals surface area contributed by atoms with Crippen molar-refractivity contribution in [2.45, 2.75) is 284 Å². The molecule has 0 amide bonds. The number of carbonyl (C=O) groups excluding carboxylic acids is 3. The first kappa shape index (κ1) is 60.4. The summed E-state index contributed by atoms with van der Waals surface area (Å²) in [5.74, 6) is -0.915. The van der Waals surface area contributed by atoms with Crippen molar-refractivity contribution in [3.8, 4) is 0 Å². The van der Waals surface area contributed by atoms with Gasteiger partial charge in [-0.15, -0.1) is 0 Å². The second-order valence-corrected chi connectivity index (χ2v) is 18.1. The van der Waals surface area contributed by atoms with Crippen LogP contribution in [0.3, 0.4) is 0 Å². The zero-order valence-corrected chi connectivity index (χ0v) is 41.8. The molecule has 0 saturated carbocycles. The van der Waals surface area contributed by atoms with E-state index in [9.17, 15) is 14.4 Å². The molecule has 0 rings (SSSR count). The number of carbonyl (C=O) groups is 3. The fraction of sp³-hybridized carbons (Fsp3) is 0.807. The summed E-state index contributed by atoms with van der Waals surface area (Å²) in [7, 11) is 0. The lowest BCUT2D eigenvalue weighted by atomic mass is 10.0. The van der Waals surface area contributed by atoms with Gasteiger partial charge in [-0.2, -0.15) is 0 Å². The van der Waals surface area contributed by atoms with Gasteiger partial charge in [0, 0.05) is 19.3 Å². The number of esters is 3. The SMILES string of the molecule is CC/C=C\C/C=C\C/C=C\C/C=C\CCCCC(=O)OC(COC(=O)CCCCCCCCCCCCCCC)COC(=O)CCCCCCCCCCCCCCCCCCC. The highest BCUT2D eigenvalue weighted by Crippen LogP contribution is 2.16. The van der Waals surface area contributed by atoms with E-state index in [4.69, 9.17) is 14.2 Å². The van der Waals surface area contributed by atoms with Crippen LogP contribution in [0.2, 0.25) is 0 Å². The van der Waals surface area contributed by atoms with Crippen molar-refractivity contribution in [2.24, 2.45) is 0 Å². The first-order valence-corrected chi connectivity index (χ1v) is 27.1. The lowest BCUT2D eigenvalue weighted by molar-refractivity contribution is -0.167. The maximum absolute atomic E-state index is 12.8. The highest BCUT2D eigenvalue weighted by atomic mass is 16.6. The molecule has 1 unspecified atom stereocenters. The minimum Gasteiger partial charge on any atom is -0.462 e. The molecule has 0 aromatic rings. The van der Waals surface area contributed by atoms with E-state index in [0.717, 1.165) is 77.0 Å². The van der Waals surface area contributed by atoms with Crippen LogP contribution in [0.15, 0.2) is 48.6 Å². The standard InChI is InChI=1S/C57H102O6/c1-4-7-10-13-16-19-22-25-27-28-30-32-35-38-41-44-47-50-56(59)62-53-54(52-61-55(58)49-46-43-40-37-34-31-24-21-18-15-12-9-6-3)63-57(60)51-48-45-42-39-36-33-29-26-23-20-17-14-11-8-5-2/h8,11,17,20,26,29,36,39,54H,4-7,9-10,12-16,18-19,21-25,27-28,30-35,37-38,40-53H2,1-3H3/b11-8-,20-17-,29-26-,39-36-. The fourth-order valence-electron chi connectivity index (χ4n) is 7.79. The summed E-state index contributed by atoms with van der Waals surface area (Å²) in [5, 5.41) is 0. The number of hydrogen-bond acceptors (Lipinski definition) is 6. The van der Waals surface area contributed by atoms with E-state index in [1.165, 1.54) is 154 Å². The van der Waals surface area contributed by atoms with Gasteiger partial charge in [0.25, 0.3) is 0 Å². The van der Waals surface area contributed by atoms with Crippen molar-refractivity contribution in [3.63, 3.8) is 0 Å². The largest absolute Gasteiger partial charge is 0.462 e. The van der Waals surface area contributed by atoms with Crippen molar-refractivity contribution in [1.82, 2.24) is 0 Å². The first-order chi connectivity index (χ1) is 31.0. The third-order valence-corrected chi connectivity index (χ3v) is 11.8. The van der Waals surface area contributed by atoms with Gasteiger partial charge in [0.2, 0.25) is 0 Å². The molecule has 0 radical (unpaired) electrons. The van der Waals surface area contributed by atoms with Gasteiger partial charge in [-0.1, -0.05) is 249 Å². The topological polar surface area (TPSA) is 78.9 Å². The summed E-state index contributed by atoms with van der Waals surface area (Å²) in [6, 6.07) is 0. The van der Waals surface area contributed by atoms with Gasteiger partial charge in [0.1, 0.15) is 13.2 Å². The van der Waals surface area contributed by atoms with E-state index in [-0.39, 0.29) is 37.5 Å². The summed E-state index contributed by atoms with van der Waals surface area (Å²) in [6.07, 6.45) is 62.4. The Morgan fingerprint density at radius 3 is 0.968 bits per heavy atom. The number of hydrogen-bond donors (Lipinski definition) is 0. The molecular weight excluding hydrogens is 781 g/mol. The van der Waals surface area contributed by atoms with Crippen LogP contribution in [-0.4, -0.2) is 37.2 Å². The number of allylic oxidation sites excluding steroid dienone is 8. The molecule has 6 heteroatoms. The normalized spacial score (nSPS) is 12.4. The fourth-order valence-corrected chi connectivity index (χ4v) is 7.79. The quantitative estimate of drug-likeness (QED) is 0.0262. The van der Waals surface area contributed by atoms with Crippen LogP contribution in [-0.2, 0) is 28.6 Å². The van der Waals surface area contributed by atoms with E-state index >= 15 is 0 Å². The van der Waals surface area contributed by atoms with Crippen molar-refractivity contribution in [3.05, 3.63) is 48.6 Å². The van der Waals surface area contributed by atoms with Gasteiger partial charge in [0.15, 0.2) is 6.10 Å². The van der Waals surface area contributed by atoms with Gasteiger partial charge in [-0.25, -0.2) is 0 Å². The van der Waals surface area contributed by atoms with Crippen LogP contribution in [0, 0.1) is 0 Å². The van der Waals surface area contributed by atoms with E-state index < -0.39 is 6.10 Å². The minimum absolute atomic E-state index is 0.0858. The second kappa shape index (κ2) is 52.0. The first-order valence-electron chi connectivity index (χ1n) is 27.1. The predicted molar refractivity (Wildman–Crippen MR) is 270 cm³/mol. The van der Waals surface area contributed by atoms with Gasteiger partial charge in [-0.3, -0.25) is 14.4 Å². The van der Waals surface area contributed by atoms with Gasteiger partial charge in [0.05, 0.1) is 0 Å². The number of ether oxygens (including phenoxy) is 3. The molecule has 0 fully saturated rings. The van der Waals surface area contributed by atoms with E-state index in [1.54, 1.807) is 0 Å². The molecule has 0 saturated heterocycles. The third-order valence-electron chi connectivity index (χ3n) is 11.8. The summed E-state index contributed by atoms with van der Waals surface area (Å²) in [4.78, 5) is 38.0. The third kappa shape index (κ3) is 50.2. The highest BCUT2D eigenvalue weighted by molar-refractivity contribution is 5.71. The van der Waals surface area contributed by atoms with Crippen molar-refractivity contribution >= 4 is 17.9 Å². The van der Waals surface area contributed by atoms with Crippen LogP contribution in [0.4, 0.5) is 0 Å². The maximum Gasteiger partial charge on any atom is 0.306 e. The van der Waals surface area contributed by atoms with E-state index in [0.29, 0.717) is 19.3 Å². The molecule has 0 aromatic carbocycles. The Kier molecular flexibility index (Phi) is 49.8. The van der Waals surface area contributed by atoms with Gasteiger partial charge in [-0.05, 0) is 57.8 Å². The van der Waals surface area contributed by atoms with Crippen LogP contribution in [0.5, 0.6) is 0 Å². The minimum atomic E-state index is -0.790. The Balaban J connectivity index is 4.39. The molecule has 0 aliphatic heterocycles. The van der Waals surface area contributed by atoms with Gasteiger partial charge >= 0.3 is 17.9 Å². The van der Waals surface area contributed by atoms with Crippen LogP contribution >= 0.6 is 0 Å². The lowest BCUT2D eigenvalue weighted by Gasteiger charge is -2.18. The van der Waals surface area contributed by atoms with Crippen molar-refractivity contribution in [1.29, 1.82) is 0 Å². The Hall–Kier alpha value is -2.63. The Morgan fingerprint density at radius 1 is 0.333 bits per heavy atom. The molecule has 6 nitrogen and oxygen atoms in total. The lowest BCUT2D eigenvalue weighted by Crippen LogP contribution is -2.30. The van der Waals surface area contributed by atoms with E-state index in [1.807, 2.05) is 0 Å². The maximum atomic E-state index is 12.8. The van der Waals surface area contributed by atoms with Crippen molar-refractivity contribution in [2.75, 3.05) is 13.2 Å². The van der Waals surface area contributed by atoms with Crippen LogP contribution in [0.1, 0.15) is 278 Å². The molecule has 366 valence electrons. The van der Waals surface area contributed by atoms with Crippen molar-refractivity contribution < 1.29 is 28.6 Å². The molecule has 0 heterocycles. The average Bonchev–Trinajstić information content (AvgIpc) is 3.28. The smallest absolute Gasteiger partial charge is 0.306 e. The monoisotopic (exact) mass is 883 g/mol. The summed E-state index contributed by atoms with van der Waals surface area (Å²) >= 11 is 0. The van der Waals surface area contributed by atoms with Gasteiger partial charge < -0.3 is 14.2 Å². The molecule has 0 N–H and O–H groups in total. The summed E-state index contributed by atoms with van der Waals surface area (Å²) < 4.78 is 16.8. The molecule has 0 aromatic heterocycles. The molecule has 0 aliphatic rings. The predicted octanol–water partition coefficient (Wildman–Crippen LogP) is 17.9. The van der Waals surface area contributed by atoms with Crippen LogP contribution in [0.25, 0.3) is 0 Å². The zero-order valence-electron chi connectivity index (χ0n) is 41.8. The molecule has 0 aliphatic carbocycles. The van der Waals surface area contributed by atoms with E-state index in [2.05, 4.69) is 69.4 Å². The Morgan fingerprint density at radius 2 is 0.619 bits per heavy atom. The zero-order chi connectivity index (χ0) is 45.8. The highest BCUT2D eigenvalue weighted by Gasteiger charge is 2.19. The van der Waals surface area contributed by atoms with Crippen LogP contribution < -0.4 is 0 Å². The number of rotatable bonds is 49. The number of unbranched alkanes of at least 4 members (excludes halogenated alkanes) is 30. The molecule has 0 spiro atoms. The molecular formula is C57H102O6. The summed E-state index contributed by atoms with van der Waals surface area (Å²) in [5.41, 5.74) is 0. The Labute approximate surface area is 390 Å². The average molecular weight is 883 g/mol. The Bertz CT molecular complexity index is 1110. The molecule has 63 heavy (non-hydrogen) atoms. The second-order valence-electron chi connectivity index (χ2n) is 18.1.